The molecule has 1 aromatic rings. The molecule has 5 nitrogen and oxygen atoms in total. The number of aryl methyl sites for hydroxylation is 1. The average molecular weight is 272 g/mol. The number of nitrogens with one attached hydrogen (secondary N) is 1. The summed E-state index contributed by atoms with van der Waals surface area (Å²) in [4.78, 5) is 37.2. The second kappa shape index (κ2) is 5.28. The van der Waals surface area contributed by atoms with Crippen LogP contribution in [-0.2, 0) is 9.59 Å². The SMILES string of the molecule is C=CC(C)N1C(=O)NC(=O)C(c2cccc(C)c2)C1=O. The lowest BCUT2D eigenvalue weighted by atomic mass is 9.93. The second-order valence-corrected chi connectivity index (χ2v) is 4.83. The van der Waals surface area contributed by atoms with Crippen molar-refractivity contribution in [2.75, 3.05) is 0 Å². The van der Waals surface area contributed by atoms with Crippen molar-refractivity contribution < 1.29 is 14.4 Å². The van der Waals surface area contributed by atoms with Gasteiger partial charge in [0, 0.05) is 0 Å². The summed E-state index contributed by atoms with van der Waals surface area (Å²) in [5.74, 6) is -2.09. The number of hydrogen-bond donors (Lipinski definition) is 1. The molecule has 0 radical (unpaired) electrons. The molecule has 1 aliphatic heterocycles. The van der Waals surface area contributed by atoms with Gasteiger partial charge in [0.1, 0.15) is 5.92 Å². The molecule has 5 heteroatoms. The van der Waals surface area contributed by atoms with E-state index >= 15 is 0 Å². The highest BCUT2D eigenvalue weighted by Crippen LogP contribution is 2.24. The number of imide groups is 2. The van der Waals surface area contributed by atoms with Gasteiger partial charge in [0.05, 0.1) is 6.04 Å². The molecule has 1 fully saturated rings. The minimum Gasteiger partial charge on any atom is -0.277 e. The van der Waals surface area contributed by atoms with Crippen LogP contribution in [0.3, 0.4) is 0 Å². The number of urea groups is 1. The Bertz CT molecular complexity index is 595. The zero-order valence-corrected chi connectivity index (χ0v) is 11.4. The third-order valence-electron chi connectivity index (χ3n) is 3.32. The highest BCUT2D eigenvalue weighted by molar-refractivity contribution is 6.19. The summed E-state index contributed by atoms with van der Waals surface area (Å²) in [6.07, 6.45) is 1.49. The van der Waals surface area contributed by atoms with Crippen LogP contribution in [0.5, 0.6) is 0 Å². The first-order chi connectivity index (χ1) is 9.45. The van der Waals surface area contributed by atoms with Crippen molar-refractivity contribution in [3.05, 3.63) is 48.0 Å². The molecule has 2 atom stereocenters. The predicted octanol–water partition coefficient (Wildman–Crippen LogP) is 1.73. The van der Waals surface area contributed by atoms with Crippen LogP contribution in [-0.4, -0.2) is 28.8 Å². The zero-order valence-electron chi connectivity index (χ0n) is 11.4. The van der Waals surface area contributed by atoms with Gasteiger partial charge in [-0.15, -0.1) is 6.58 Å². The summed E-state index contributed by atoms with van der Waals surface area (Å²) in [6, 6.07) is 5.97. The molecule has 1 saturated heterocycles. The van der Waals surface area contributed by atoms with Gasteiger partial charge in [-0.3, -0.25) is 19.8 Å². The lowest BCUT2D eigenvalue weighted by Crippen LogP contribution is -2.59. The largest absolute Gasteiger partial charge is 0.331 e. The van der Waals surface area contributed by atoms with Crippen LogP contribution in [0.4, 0.5) is 4.79 Å². The lowest BCUT2D eigenvalue weighted by molar-refractivity contribution is -0.139. The van der Waals surface area contributed by atoms with E-state index in [1.165, 1.54) is 6.08 Å². The number of nitrogens with zero attached hydrogens (tertiary/aromatic N) is 1. The van der Waals surface area contributed by atoms with E-state index in [-0.39, 0.29) is 0 Å². The van der Waals surface area contributed by atoms with Gasteiger partial charge in [-0.25, -0.2) is 4.79 Å². The number of hydrogen-bond acceptors (Lipinski definition) is 3. The molecule has 0 spiro atoms. The summed E-state index contributed by atoms with van der Waals surface area (Å²) < 4.78 is 0. The van der Waals surface area contributed by atoms with Gasteiger partial charge in [-0.2, -0.15) is 0 Å². The van der Waals surface area contributed by atoms with E-state index in [0.29, 0.717) is 5.56 Å². The Hall–Kier alpha value is -2.43. The van der Waals surface area contributed by atoms with Gasteiger partial charge < -0.3 is 0 Å². The minimum atomic E-state index is -0.991. The number of benzene rings is 1. The van der Waals surface area contributed by atoms with E-state index in [1.807, 2.05) is 13.0 Å². The van der Waals surface area contributed by atoms with Crippen molar-refractivity contribution in [3.63, 3.8) is 0 Å². The standard InChI is InChI=1S/C15H16N2O3/c1-4-10(3)17-14(19)12(13(18)16-15(17)20)11-7-5-6-9(2)8-11/h4-8,10,12H,1H2,2-3H3,(H,16,18,20). The van der Waals surface area contributed by atoms with Crippen LogP contribution in [0.1, 0.15) is 24.0 Å². The van der Waals surface area contributed by atoms with Crippen molar-refractivity contribution in [2.45, 2.75) is 25.8 Å². The van der Waals surface area contributed by atoms with Gasteiger partial charge >= 0.3 is 6.03 Å². The van der Waals surface area contributed by atoms with Crippen molar-refractivity contribution in [2.24, 2.45) is 0 Å². The summed E-state index contributed by atoms with van der Waals surface area (Å²) in [5.41, 5.74) is 1.53. The number of amides is 4. The van der Waals surface area contributed by atoms with Crippen molar-refractivity contribution in [1.82, 2.24) is 10.2 Å². The van der Waals surface area contributed by atoms with Gasteiger partial charge in [0.2, 0.25) is 11.8 Å². The quantitative estimate of drug-likeness (QED) is 0.673. The van der Waals surface area contributed by atoms with Gasteiger partial charge in [0.15, 0.2) is 0 Å². The van der Waals surface area contributed by atoms with E-state index in [0.717, 1.165) is 10.5 Å². The Kier molecular flexibility index (Phi) is 3.70. The smallest absolute Gasteiger partial charge is 0.277 e. The Balaban J connectivity index is 2.42. The number of barbiturate groups is 1. The van der Waals surface area contributed by atoms with Crippen LogP contribution in [0.2, 0.25) is 0 Å². The maximum atomic E-state index is 12.5. The van der Waals surface area contributed by atoms with E-state index in [2.05, 4.69) is 11.9 Å². The summed E-state index contributed by atoms with van der Waals surface area (Å²) in [6.45, 7) is 7.13. The average Bonchev–Trinajstić information content (AvgIpc) is 2.37. The molecular formula is C15H16N2O3. The minimum absolute atomic E-state index is 0.470. The molecule has 104 valence electrons. The fourth-order valence-electron chi connectivity index (χ4n) is 2.22. The van der Waals surface area contributed by atoms with Crippen molar-refractivity contribution in [1.29, 1.82) is 0 Å². The molecule has 2 unspecified atom stereocenters. The van der Waals surface area contributed by atoms with Gasteiger partial charge in [0.25, 0.3) is 0 Å². The normalized spacial score (nSPS) is 20.6. The highest BCUT2D eigenvalue weighted by Gasteiger charge is 2.42. The topological polar surface area (TPSA) is 66.5 Å². The molecular weight excluding hydrogens is 256 g/mol. The van der Waals surface area contributed by atoms with Crippen molar-refractivity contribution in [3.8, 4) is 0 Å². The maximum absolute atomic E-state index is 12.5. The molecule has 0 saturated carbocycles. The lowest BCUT2D eigenvalue weighted by Gasteiger charge is -2.33. The molecule has 4 amide bonds. The maximum Gasteiger partial charge on any atom is 0.331 e. The number of carbonyl (C=O) groups excluding carboxylic acids is 3. The molecule has 2 rings (SSSR count). The molecule has 20 heavy (non-hydrogen) atoms. The summed E-state index contributed by atoms with van der Waals surface area (Å²) in [5, 5.41) is 2.22. The Morgan fingerprint density at radius 2 is 2.05 bits per heavy atom. The van der Waals surface area contributed by atoms with Gasteiger partial charge in [-0.1, -0.05) is 35.9 Å². The fourth-order valence-corrected chi connectivity index (χ4v) is 2.22. The van der Waals surface area contributed by atoms with Crippen LogP contribution in [0.15, 0.2) is 36.9 Å². The van der Waals surface area contributed by atoms with Gasteiger partial charge in [-0.05, 0) is 19.4 Å². The molecule has 1 heterocycles. The van der Waals surface area contributed by atoms with E-state index in [9.17, 15) is 14.4 Å². The second-order valence-electron chi connectivity index (χ2n) is 4.83. The number of carbonyl (C=O) groups is 3. The summed E-state index contributed by atoms with van der Waals surface area (Å²) >= 11 is 0. The third-order valence-corrected chi connectivity index (χ3v) is 3.32. The monoisotopic (exact) mass is 272 g/mol. The van der Waals surface area contributed by atoms with Crippen molar-refractivity contribution >= 4 is 17.8 Å². The molecule has 0 aromatic heterocycles. The highest BCUT2D eigenvalue weighted by atomic mass is 16.2. The van der Waals surface area contributed by atoms with E-state index < -0.39 is 29.8 Å². The molecule has 1 aromatic carbocycles. The van der Waals surface area contributed by atoms with Crippen LogP contribution >= 0.6 is 0 Å². The molecule has 0 aliphatic carbocycles. The first-order valence-corrected chi connectivity index (χ1v) is 6.32. The first kappa shape index (κ1) is 14.0. The predicted molar refractivity (Wildman–Crippen MR) is 74.0 cm³/mol. The Labute approximate surface area is 117 Å². The first-order valence-electron chi connectivity index (χ1n) is 6.32. The van der Waals surface area contributed by atoms with E-state index in [1.54, 1.807) is 25.1 Å². The van der Waals surface area contributed by atoms with Crippen LogP contribution in [0, 0.1) is 6.92 Å². The van der Waals surface area contributed by atoms with E-state index in [4.69, 9.17) is 0 Å². The Morgan fingerprint density at radius 1 is 1.35 bits per heavy atom. The third kappa shape index (κ3) is 2.34. The molecule has 1 aliphatic rings. The fraction of sp³-hybridized carbons (Fsp3) is 0.267. The summed E-state index contributed by atoms with van der Waals surface area (Å²) in [7, 11) is 0. The molecule has 1 N–H and O–H groups in total. The Morgan fingerprint density at radius 3 is 2.65 bits per heavy atom. The number of rotatable bonds is 3. The molecule has 0 bridgehead atoms. The van der Waals surface area contributed by atoms with Crippen LogP contribution < -0.4 is 5.32 Å². The van der Waals surface area contributed by atoms with Crippen LogP contribution in [0.25, 0.3) is 0 Å². The zero-order chi connectivity index (χ0) is 14.9.